The SMILES string of the molecule is Cc1ccc(-c2cc(C(=O)NC(C)c3ncccn3)cc(-n3cnnn3)c2)cc1. The number of amides is 1. The summed E-state index contributed by atoms with van der Waals surface area (Å²) in [6.45, 7) is 3.88. The van der Waals surface area contributed by atoms with Crippen molar-refractivity contribution in [1.29, 1.82) is 0 Å². The van der Waals surface area contributed by atoms with E-state index in [9.17, 15) is 4.79 Å². The van der Waals surface area contributed by atoms with Gasteiger partial charge in [0.2, 0.25) is 0 Å². The predicted molar refractivity (Wildman–Crippen MR) is 107 cm³/mol. The molecule has 29 heavy (non-hydrogen) atoms. The summed E-state index contributed by atoms with van der Waals surface area (Å²) in [4.78, 5) is 21.4. The number of rotatable bonds is 5. The molecular formula is C21H19N7O. The molecule has 1 amide bonds. The van der Waals surface area contributed by atoms with E-state index < -0.39 is 0 Å². The lowest BCUT2D eigenvalue weighted by atomic mass is 10.0. The molecule has 0 saturated heterocycles. The van der Waals surface area contributed by atoms with Crippen molar-refractivity contribution in [3.05, 3.63) is 84.2 Å². The molecule has 8 nitrogen and oxygen atoms in total. The highest BCUT2D eigenvalue weighted by molar-refractivity contribution is 5.96. The third kappa shape index (κ3) is 4.16. The smallest absolute Gasteiger partial charge is 0.251 e. The number of carbonyl (C=O) groups excluding carboxylic acids is 1. The van der Waals surface area contributed by atoms with Crippen molar-refractivity contribution in [2.24, 2.45) is 0 Å². The van der Waals surface area contributed by atoms with Crippen LogP contribution in [0, 0.1) is 6.92 Å². The minimum absolute atomic E-state index is 0.228. The van der Waals surface area contributed by atoms with Gasteiger partial charge in [-0.2, -0.15) is 0 Å². The first-order chi connectivity index (χ1) is 14.1. The lowest BCUT2D eigenvalue weighted by molar-refractivity contribution is 0.0938. The number of carbonyl (C=O) groups is 1. The molecule has 144 valence electrons. The molecule has 2 aromatic heterocycles. The van der Waals surface area contributed by atoms with Gasteiger partial charge in [-0.05, 0) is 59.7 Å². The first-order valence-corrected chi connectivity index (χ1v) is 9.13. The van der Waals surface area contributed by atoms with E-state index in [1.54, 1.807) is 24.5 Å². The Kier molecular flexibility index (Phi) is 5.07. The van der Waals surface area contributed by atoms with Gasteiger partial charge in [-0.15, -0.1) is 5.10 Å². The average molecular weight is 385 g/mol. The number of nitrogens with one attached hydrogen (secondary N) is 1. The summed E-state index contributed by atoms with van der Waals surface area (Å²) in [6.07, 6.45) is 4.80. The van der Waals surface area contributed by atoms with Crippen LogP contribution in [0.1, 0.15) is 34.7 Å². The third-order valence-electron chi connectivity index (χ3n) is 4.50. The largest absolute Gasteiger partial charge is 0.342 e. The summed E-state index contributed by atoms with van der Waals surface area (Å²) in [5, 5.41) is 14.3. The summed E-state index contributed by atoms with van der Waals surface area (Å²) < 4.78 is 1.53. The molecule has 0 fully saturated rings. The van der Waals surface area contributed by atoms with E-state index in [1.807, 2.05) is 50.2 Å². The number of nitrogens with zero attached hydrogens (tertiary/aromatic N) is 6. The highest BCUT2D eigenvalue weighted by atomic mass is 16.1. The zero-order chi connectivity index (χ0) is 20.2. The maximum atomic E-state index is 13.0. The fraction of sp³-hybridized carbons (Fsp3) is 0.143. The Bertz CT molecular complexity index is 1110. The summed E-state index contributed by atoms with van der Waals surface area (Å²) in [5.74, 6) is 0.324. The van der Waals surface area contributed by atoms with Crippen molar-refractivity contribution in [1.82, 2.24) is 35.5 Å². The van der Waals surface area contributed by atoms with Crippen LogP contribution in [0.3, 0.4) is 0 Å². The maximum absolute atomic E-state index is 13.0. The highest BCUT2D eigenvalue weighted by Gasteiger charge is 2.16. The van der Waals surface area contributed by atoms with E-state index in [2.05, 4.69) is 30.8 Å². The zero-order valence-corrected chi connectivity index (χ0v) is 16.0. The van der Waals surface area contributed by atoms with Crippen molar-refractivity contribution in [2.45, 2.75) is 19.9 Å². The summed E-state index contributed by atoms with van der Waals surface area (Å²) >= 11 is 0. The molecule has 0 bridgehead atoms. The minimum atomic E-state index is -0.330. The molecule has 0 radical (unpaired) electrons. The fourth-order valence-electron chi connectivity index (χ4n) is 2.95. The Morgan fingerprint density at radius 1 is 1.03 bits per heavy atom. The molecule has 8 heteroatoms. The molecule has 0 aliphatic rings. The average Bonchev–Trinajstić information content (AvgIpc) is 3.29. The summed E-state index contributed by atoms with van der Waals surface area (Å²) in [6, 6.07) is 15.1. The second-order valence-corrected chi connectivity index (χ2v) is 6.69. The quantitative estimate of drug-likeness (QED) is 0.567. The van der Waals surface area contributed by atoms with Gasteiger partial charge in [-0.3, -0.25) is 4.79 Å². The Balaban J connectivity index is 1.70. The third-order valence-corrected chi connectivity index (χ3v) is 4.50. The van der Waals surface area contributed by atoms with Crippen molar-refractivity contribution in [3.8, 4) is 16.8 Å². The van der Waals surface area contributed by atoms with E-state index in [0.717, 1.165) is 11.1 Å². The molecule has 2 heterocycles. The molecule has 0 spiro atoms. The summed E-state index contributed by atoms with van der Waals surface area (Å²) in [5.41, 5.74) is 4.25. The van der Waals surface area contributed by atoms with Crippen LogP contribution in [0.5, 0.6) is 0 Å². The van der Waals surface area contributed by atoms with Gasteiger partial charge in [0, 0.05) is 18.0 Å². The van der Waals surface area contributed by atoms with Crippen molar-refractivity contribution >= 4 is 5.91 Å². The van der Waals surface area contributed by atoms with Gasteiger partial charge >= 0.3 is 0 Å². The standard InChI is InChI=1S/C21H19N7O/c1-14-4-6-16(7-5-14)17-10-18(12-19(11-17)28-13-24-26-27-28)21(29)25-15(2)20-22-8-3-9-23-20/h3-13,15H,1-2H3,(H,25,29). The number of aromatic nitrogens is 6. The highest BCUT2D eigenvalue weighted by Crippen LogP contribution is 2.25. The van der Waals surface area contributed by atoms with Crippen LogP contribution < -0.4 is 5.32 Å². The molecule has 4 rings (SSSR count). The van der Waals surface area contributed by atoms with Crippen molar-refractivity contribution in [3.63, 3.8) is 0 Å². The topological polar surface area (TPSA) is 98.5 Å². The molecule has 4 aromatic rings. The second kappa shape index (κ2) is 7.97. The molecule has 1 atom stereocenters. The zero-order valence-electron chi connectivity index (χ0n) is 16.0. The molecule has 0 aliphatic heterocycles. The van der Waals surface area contributed by atoms with Gasteiger partial charge in [0.25, 0.3) is 5.91 Å². The van der Waals surface area contributed by atoms with Crippen LogP contribution in [-0.2, 0) is 0 Å². The van der Waals surface area contributed by atoms with Crippen molar-refractivity contribution in [2.75, 3.05) is 0 Å². The molecule has 1 N–H and O–H groups in total. The molecule has 0 aliphatic carbocycles. The predicted octanol–water partition coefficient (Wildman–Crippen LogP) is 2.92. The van der Waals surface area contributed by atoms with Gasteiger partial charge in [0.1, 0.15) is 12.2 Å². The number of tetrazole rings is 1. The van der Waals surface area contributed by atoms with Crippen molar-refractivity contribution < 1.29 is 4.79 Å². The Morgan fingerprint density at radius 2 is 1.79 bits per heavy atom. The maximum Gasteiger partial charge on any atom is 0.251 e. The minimum Gasteiger partial charge on any atom is -0.342 e. The van der Waals surface area contributed by atoms with Gasteiger partial charge in [0.05, 0.1) is 11.7 Å². The van der Waals surface area contributed by atoms with Crippen LogP contribution in [0.2, 0.25) is 0 Å². The Hall–Kier alpha value is -3.94. The van der Waals surface area contributed by atoms with Gasteiger partial charge in [-0.25, -0.2) is 14.6 Å². The van der Waals surface area contributed by atoms with Gasteiger partial charge < -0.3 is 5.32 Å². The van der Waals surface area contributed by atoms with E-state index in [-0.39, 0.29) is 11.9 Å². The normalized spacial score (nSPS) is 11.8. The monoisotopic (exact) mass is 385 g/mol. The molecule has 0 saturated carbocycles. The Labute approximate surface area is 167 Å². The lowest BCUT2D eigenvalue weighted by Crippen LogP contribution is -2.28. The molecular weight excluding hydrogens is 366 g/mol. The fourth-order valence-corrected chi connectivity index (χ4v) is 2.95. The van der Waals surface area contributed by atoms with Gasteiger partial charge in [0.15, 0.2) is 0 Å². The first-order valence-electron chi connectivity index (χ1n) is 9.13. The molecule has 1 unspecified atom stereocenters. The first kappa shape index (κ1) is 18.4. The van der Waals surface area contributed by atoms with E-state index in [4.69, 9.17) is 0 Å². The van der Waals surface area contributed by atoms with Crippen LogP contribution >= 0.6 is 0 Å². The number of benzene rings is 2. The van der Waals surface area contributed by atoms with E-state index in [1.165, 1.54) is 16.6 Å². The van der Waals surface area contributed by atoms with E-state index >= 15 is 0 Å². The number of aryl methyl sites for hydroxylation is 1. The van der Waals surface area contributed by atoms with E-state index in [0.29, 0.717) is 17.1 Å². The van der Waals surface area contributed by atoms with Crippen LogP contribution in [0.25, 0.3) is 16.8 Å². The van der Waals surface area contributed by atoms with Gasteiger partial charge in [-0.1, -0.05) is 29.8 Å². The second-order valence-electron chi connectivity index (χ2n) is 6.69. The molecule has 2 aromatic carbocycles. The van der Waals surface area contributed by atoms with Crippen LogP contribution in [0.15, 0.2) is 67.3 Å². The van der Waals surface area contributed by atoms with Crippen LogP contribution in [0.4, 0.5) is 0 Å². The Morgan fingerprint density at radius 3 is 2.48 bits per heavy atom. The number of hydrogen-bond donors (Lipinski definition) is 1. The lowest BCUT2D eigenvalue weighted by Gasteiger charge is -2.14. The van der Waals surface area contributed by atoms with Crippen LogP contribution in [-0.4, -0.2) is 36.1 Å². The number of hydrogen-bond acceptors (Lipinski definition) is 6. The summed E-state index contributed by atoms with van der Waals surface area (Å²) in [7, 11) is 0.